The molecule has 1 aliphatic rings. The zero-order chi connectivity index (χ0) is 19.4. The van der Waals surface area contributed by atoms with Gasteiger partial charge in [-0.05, 0) is 42.8 Å². The molecular formula is C19H21FN4O3. The number of rotatable bonds is 5. The number of hydrogen-bond donors (Lipinski definition) is 4. The molecule has 1 saturated heterocycles. The summed E-state index contributed by atoms with van der Waals surface area (Å²) in [7, 11) is 0. The summed E-state index contributed by atoms with van der Waals surface area (Å²) in [5, 5.41) is 18.5. The first-order valence-corrected chi connectivity index (χ1v) is 8.54. The third-order valence-corrected chi connectivity index (χ3v) is 4.33. The van der Waals surface area contributed by atoms with E-state index < -0.39 is 17.4 Å². The SMILES string of the molecule is CC(O)(CNC(=O)Nc1cccc(N2CCNC2=O)c1)c1ccc(F)cc1. The minimum Gasteiger partial charge on any atom is -0.384 e. The summed E-state index contributed by atoms with van der Waals surface area (Å²) >= 11 is 0. The van der Waals surface area contributed by atoms with Gasteiger partial charge in [-0.1, -0.05) is 18.2 Å². The second kappa shape index (κ2) is 7.63. The van der Waals surface area contributed by atoms with E-state index in [9.17, 15) is 19.1 Å². The van der Waals surface area contributed by atoms with Crippen LogP contribution < -0.4 is 20.9 Å². The average Bonchev–Trinajstić information content (AvgIpc) is 3.07. The molecule has 0 aliphatic carbocycles. The Morgan fingerprint density at radius 3 is 2.70 bits per heavy atom. The third-order valence-electron chi connectivity index (χ3n) is 4.33. The minimum atomic E-state index is -1.35. The van der Waals surface area contributed by atoms with Crippen molar-refractivity contribution in [2.24, 2.45) is 0 Å². The van der Waals surface area contributed by atoms with Gasteiger partial charge in [0.15, 0.2) is 0 Å². The largest absolute Gasteiger partial charge is 0.384 e. The van der Waals surface area contributed by atoms with E-state index >= 15 is 0 Å². The fraction of sp³-hybridized carbons (Fsp3) is 0.263. The van der Waals surface area contributed by atoms with Crippen molar-refractivity contribution in [1.29, 1.82) is 0 Å². The molecular weight excluding hydrogens is 351 g/mol. The summed E-state index contributed by atoms with van der Waals surface area (Å²) in [5.41, 5.74) is 0.346. The Morgan fingerprint density at radius 2 is 2.04 bits per heavy atom. The topological polar surface area (TPSA) is 93.7 Å². The maximum atomic E-state index is 13.0. The number of carbonyl (C=O) groups excluding carboxylic acids is 2. The Hall–Kier alpha value is -3.13. The first-order valence-electron chi connectivity index (χ1n) is 8.54. The van der Waals surface area contributed by atoms with Crippen molar-refractivity contribution in [2.45, 2.75) is 12.5 Å². The van der Waals surface area contributed by atoms with Crippen LogP contribution >= 0.6 is 0 Å². The lowest BCUT2D eigenvalue weighted by Gasteiger charge is -2.24. The van der Waals surface area contributed by atoms with Gasteiger partial charge < -0.3 is 21.1 Å². The molecule has 2 aromatic rings. The molecule has 2 aromatic carbocycles. The van der Waals surface area contributed by atoms with E-state index in [4.69, 9.17) is 0 Å². The summed E-state index contributed by atoms with van der Waals surface area (Å²) in [6.07, 6.45) is 0. The summed E-state index contributed by atoms with van der Waals surface area (Å²) in [4.78, 5) is 25.5. The monoisotopic (exact) mass is 372 g/mol. The Balaban J connectivity index is 1.59. The molecule has 4 N–H and O–H groups in total. The van der Waals surface area contributed by atoms with Crippen LogP contribution in [0.15, 0.2) is 48.5 Å². The molecule has 4 amide bonds. The van der Waals surface area contributed by atoms with Gasteiger partial charge in [0, 0.05) is 24.5 Å². The smallest absolute Gasteiger partial charge is 0.321 e. The van der Waals surface area contributed by atoms with Crippen LogP contribution in [0.5, 0.6) is 0 Å². The number of anilines is 2. The van der Waals surface area contributed by atoms with E-state index in [1.54, 1.807) is 29.2 Å². The van der Waals surface area contributed by atoms with Crippen molar-refractivity contribution in [1.82, 2.24) is 10.6 Å². The van der Waals surface area contributed by atoms with Gasteiger partial charge in [-0.25, -0.2) is 14.0 Å². The van der Waals surface area contributed by atoms with Gasteiger partial charge in [-0.2, -0.15) is 0 Å². The van der Waals surface area contributed by atoms with E-state index in [1.807, 2.05) is 0 Å². The molecule has 0 spiro atoms. The number of amides is 4. The highest BCUT2D eigenvalue weighted by Gasteiger charge is 2.24. The molecule has 1 fully saturated rings. The molecule has 1 aliphatic heterocycles. The first-order chi connectivity index (χ1) is 12.8. The van der Waals surface area contributed by atoms with Crippen LogP contribution in [0.2, 0.25) is 0 Å². The van der Waals surface area contributed by atoms with Crippen LogP contribution in [0, 0.1) is 5.82 Å². The molecule has 7 nitrogen and oxygen atoms in total. The highest BCUT2D eigenvalue weighted by molar-refractivity contribution is 5.95. The number of benzene rings is 2. The van der Waals surface area contributed by atoms with Gasteiger partial charge in [-0.15, -0.1) is 0 Å². The maximum absolute atomic E-state index is 13.0. The number of nitrogens with zero attached hydrogens (tertiary/aromatic N) is 1. The molecule has 3 rings (SSSR count). The van der Waals surface area contributed by atoms with Crippen LogP contribution in [0.1, 0.15) is 12.5 Å². The number of carbonyl (C=O) groups is 2. The zero-order valence-electron chi connectivity index (χ0n) is 14.8. The predicted octanol–water partition coefficient (Wildman–Crippen LogP) is 2.38. The molecule has 1 unspecified atom stereocenters. The standard InChI is InChI=1S/C19H21FN4O3/c1-19(27,13-5-7-14(20)8-6-13)12-22-17(25)23-15-3-2-4-16(11-15)24-10-9-21-18(24)26/h2-8,11,27H,9-10,12H2,1H3,(H,21,26)(H2,22,23,25). The zero-order valence-corrected chi connectivity index (χ0v) is 14.8. The van der Waals surface area contributed by atoms with E-state index in [0.29, 0.717) is 30.0 Å². The summed E-state index contributed by atoms with van der Waals surface area (Å²) in [6.45, 7) is 2.62. The molecule has 0 radical (unpaired) electrons. The van der Waals surface area contributed by atoms with Crippen molar-refractivity contribution in [2.75, 3.05) is 29.9 Å². The summed E-state index contributed by atoms with van der Waals surface area (Å²) < 4.78 is 13.0. The number of urea groups is 2. The molecule has 142 valence electrons. The lowest BCUT2D eigenvalue weighted by molar-refractivity contribution is 0.0599. The predicted molar refractivity (Wildman–Crippen MR) is 100 cm³/mol. The quantitative estimate of drug-likeness (QED) is 0.649. The minimum absolute atomic E-state index is 0.0569. The van der Waals surface area contributed by atoms with E-state index in [1.165, 1.54) is 31.2 Å². The van der Waals surface area contributed by atoms with Crippen LogP contribution in [0.4, 0.5) is 25.4 Å². The van der Waals surface area contributed by atoms with Crippen LogP contribution in [-0.4, -0.2) is 36.8 Å². The van der Waals surface area contributed by atoms with E-state index in [-0.39, 0.29) is 12.6 Å². The molecule has 8 heteroatoms. The van der Waals surface area contributed by atoms with Crippen molar-refractivity contribution in [3.63, 3.8) is 0 Å². The Bertz CT molecular complexity index is 839. The van der Waals surface area contributed by atoms with E-state index in [2.05, 4.69) is 16.0 Å². The van der Waals surface area contributed by atoms with Crippen LogP contribution in [0.3, 0.4) is 0 Å². The number of hydrogen-bond acceptors (Lipinski definition) is 3. The van der Waals surface area contributed by atoms with Crippen LogP contribution in [-0.2, 0) is 5.60 Å². The number of aliphatic hydroxyl groups is 1. The maximum Gasteiger partial charge on any atom is 0.321 e. The highest BCUT2D eigenvalue weighted by Crippen LogP contribution is 2.22. The Morgan fingerprint density at radius 1 is 1.30 bits per heavy atom. The molecule has 0 saturated carbocycles. The second-order valence-corrected chi connectivity index (χ2v) is 6.52. The van der Waals surface area contributed by atoms with Crippen LogP contribution in [0.25, 0.3) is 0 Å². The van der Waals surface area contributed by atoms with Gasteiger partial charge in [0.05, 0.1) is 6.54 Å². The van der Waals surface area contributed by atoms with Gasteiger partial charge in [-0.3, -0.25) is 4.90 Å². The first kappa shape index (κ1) is 18.7. The number of halogens is 1. The van der Waals surface area contributed by atoms with Crippen molar-refractivity contribution < 1.29 is 19.1 Å². The Kier molecular flexibility index (Phi) is 5.27. The average molecular weight is 372 g/mol. The summed E-state index contributed by atoms with van der Waals surface area (Å²) in [5.74, 6) is -0.396. The number of nitrogens with one attached hydrogen (secondary N) is 3. The molecule has 0 bridgehead atoms. The lowest BCUT2D eigenvalue weighted by Crippen LogP contribution is -2.40. The highest BCUT2D eigenvalue weighted by atomic mass is 19.1. The lowest BCUT2D eigenvalue weighted by atomic mass is 9.96. The summed E-state index contributed by atoms with van der Waals surface area (Å²) in [6, 6.07) is 11.7. The van der Waals surface area contributed by atoms with Crippen molar-refractivity contribution in [3.05, 3.63) is 59.9 Å². The van der Waals surface area contributed by atoms with Gasteiger partial charge in [0.1, 0.15) is 11.4 Å². The van der Waals surface area contributed by atoms with E-state index in [0.717, 1.165) is 0 Å². The van der Waals surface area contributed by atoms with Gasteiger partial charge in [0.2, 0.25) is 0 Å². The molecule has 0 aromatic heterocycles. The normalized spacial score (nSPS) is 15.8. The third kappa shape index (κ3) is 4.53. The Labute approximate surface area is 156 Å². The van der Waals surface area contributed by atoms with Crippen molar-refractivity contribution in [3.8, 4) is 0 Å². The van der Waals surface area contributed by atoms with Gasteiger partial charge in [0.25, 0.3) is 0 Å². The molecule has 1 atom stereocenters. The van der Waals surface area contributed by atoms with Crippen molar-refractivity contribution >= 4 is 23.4 Å². The molecule has 1 heterocycles. The fourth-order valence-corrected chi connectivity index (χ4v) is 2.81. The second-order valence-electron chi connectivity index (χ2n) is 6.52. The molecule has 27 heavy (non-hydrogen) atoms. The fourth-order valence-electron chi connectivity index (χ4n) is 2.81. The van der Waals surface area contributed by atoms with Gasteiger partial charge >= 0.3 is 12.1 Å².